The van der Waals surface area contributed by atoms with Crippen LogP contribution in [0.3, 0.4) is 0 Å². The van der Waals surface area contributed by atoms with Crippen LogP contribution in [-0.2, 0) is 4.79 Å². The maximum atomic E-state index is 14.5. The molecule has 1 aliphatic rings. The average Bonchev–Trinajstić information content (AvgIpc) is 2.58. The number of carboxylic acid groups (broad SMARTS) is 1. The van der Waals surface area contributed by atoms with Crippen molar-refractivity contribution in [3.63, 3.8) is 0 Å². The van der Waals surface area contributed by atoms with Crippen molar-refractivity contribution in [3.05, 3.63) is 70.8 Å². The summed E-state index contributed by atoms with van der Waals surface area (Å²) in [5.41, 5.74) is 2.41. The molecule has 1 N–H and O–H groups in total. The number of rotatable bonds is 4. The molecule has 132 valence electrons. The summed E-state index contributed by atoms with van der Waals surface area (Å²) in [6.45, 7) is 3.09. The fraction of sp³-hybridized carbons (Fsp3) is 0.350. The van der Waals surface area contributed by atoms with E-state index in [2.05, 4.69) is 4.90 Å². The molecule has 0 radical (unpaired) electrons. The second-order valence-electron chi connectivity index (χ2n) is 6.63. The van der Waals surface area contributed by atoms with Crippen LogP contribution in [0.25, 0.3) is 0 Å². The summed E-state index contributed by atoms with van der Waals surface area (Å²) in [6, 6.07) is 11.1. The highest BCUT2D eigenvalue weighted by Crippen LogP contribution is 2.34. The van der Waals surface area contributed by atoms with E-state index in [1.54, 1.807) is 0 Å². The largest absolute Gasteiger partial charge is 0.481 e. The number of aliphatic carboxylic acids is 1. The molecule has 3 nitrogen and oxygen atoms in total. The Morgan fingerprint density at radius 1 is 1.16 bits per heavy atom. The van der Waals surface area contributed by atoms with E-state index in [0.29, 0.717) is 31.5 Å². The second kappa shape index (κ2) is 7.31. The number of benzene rings is 2. The van der Waals surface area contributed by atoms with Gasteiger partial charge in [-0.2, -0.15) is 0 Å². The minimum Gasteiger partial charge on any atom is -0.481 e. The van der Waals surface area contributed by atoms with Crippen molar-refractivity contribution in [1.29, 1.82) is 0 Å². The molecular formula is C20H21F2NO2. The smallest absolute Gasteiger partial charge is 0.306 e. The molecule has 5 heteroatoms. The van der Waals surface area contributed by atoms with Crippen molar-refractivity contribution < 1.29 is 18.7 Å². The van der Waals surface area contributed by atoms with E-state index >= 15 is 0 Å². The van der Waals surface area contributed by atoms with Gasteiger partial charge >= 0.3 is 5.97 Å². The standard InChI is InChI=1S/C20H21F2NO2/c1-13-3-2-4-15(11-13)19(17-6-5-16(21)12-18(17)22)23-9-7-14(8-10-23)20(24)25/h2-6,11-12,14,19H,7-10H2,1H3,(H,24,25). The lowest BCUT2D eigenvalue weighted by Crippen LogP contribution is -2.39. The maximum Gasteiger partial charge on any atom is 0.306 e. The Morgan fingerprint density at radius 3 is 2.48 bits per heavy atom. The molecule has 2 aromatic rings. The van der Waals surface area contributed by atoms with Crippen LogP contribution in [-0.4, -0.2) is 29.1 Å². The molecule has 1 heterocycles. The Labute approximate surface area is 145 Å². The molecule has 3 rings (SSSR count). The number of halogens is 2. The third-order valence-corrected chi connectivity index (χ3v) is 4.86. The number of likely N-dealkylation sites (tertiary alicyclic amines) is 1. The van der Waals surface area contributed by atoms with E-state index in [4.69, 9.17) is 0 Å². The Bertz CT molecular complexity index is 770. The average molecular weight is 345 g/mol. The van der Waals surface area contributed by atoms with Gasteiger partial charge in [-0.25, -0.2) is 8.78 Å². The molecule has 0 spiro atoms. The number of piperidine rings is 1. The van der Waals surface area contributed by atoms with Crippen LogP contribution in [0.1, 0.15) is 35.6 Å². The molecule has 1 unspecified atom stereocenters. The highest BCUT2D eigenvalue weighted by molar-refractivity contribution is 5.70. The van der Waals surface area contributed by atoms with Crippen LogP contribution in [0, 0.1) is 24.5 Å². The first kappa shape index (κ1) is 17.5. The molecule has 2 aromatic carbocycles. The molecule has 25 heavy (non-hydrogen) atoms. The summed E-state index contributed by atoms with van der Waals surface area (Å²) in [7, 11) is 0. The normalized spacial score (nSPS) is 17.4. The summed E-state index contributed by atoms with van der Waals surface area (Å²) in [5, 5.41) is 9.19. The third kappa shape index (κ3) is 3.87. The van der Waals surface area contributed by atoms with Gasteiger partial charge in [0.25, 0.3) is 0 Å². The van der Waals surface area contributed by atoms with E-state index in [9.17, 15) is 18.7 Å². The molecule has 1 atom stereocenters. The molecule has 1 fully saturated rings. The van der Waals surface area contributed by atoms with E-state index in [1.807, 2.05) is 31.2 Å². The summed E-state index contributed by atoms with van der Waals surface area (Å²) in [4.78, 5) is 13.3. The van der Waals surface area contributed by atoms with Gasteiger partial charge in [0.05, 0.1) is 12.0 Å². The van der Waals surface area contributed by atoms with Crippen LogP contribution in [0.5, 0.6) is 0 Å². The van der Waals surface area contributed by atoms with E-state index in [-0.39, 0.29) is 12.0 Å². The minimum atomic E-state index is -0.778. The van der Waals surface area contributed by atoms with Gasteiger partial charge in [0.2, 0.25) is 0 Å². The Morgan fingerprint density at radius 2 is 1.88 bits per heavy atom. The van der Waals surface area contributed by atoms with Gasteiger partial charge in [-0.3, -0.25) is 9.69 Å². The van der Waals surface area contributed by atoms with Crippen molar-refractivity contribution in [2.75, 3.05) is 13.1 Å². The lowest BCUT2D eigenvalue weighted by atomic mass is 9.90. The molecule has 1 saturated heterocycles. The monoisotopic (exact) mass is 345 g/mol. The van der Waals surface area contributed by atoms with E-state index in [0.717, 1.165) is 17.2 Å². The molecule has 1 aliphatic heterocycles. The summed E-state index contributed by atoms with van der Waals surface area (Å²) in [6.07, 6.45) is 1.06. The van der Waals surface area contributed by atoms with Crippen molar-refractivity contribution in [2.24, 2.45) is 5.92 Å². The van der Waals surface area contributed by atoms with Crippen molar-refractivity contribution >= 4 is 5.97 Å². The Kier molecular flexibility index (Phi) is 5.13. The topological polar surface area (TPSA) is 40.5 Å². The molecular weight excluding hydrogens is 324 g/mol. The highest BCUT2D eigenvalue weighted by atomic mass is 19.1. The van der Waals surface area contributed by atoms with Crippen LogP contribution < -0.4 is 0 Å². The van der Waals surface area contributed by atoms with E-state index < -0.39 is 17.6 Å². The number of hydrogen-bond acceptors (Lipinski definition) is 2. The molecule has 0 bridgehead atoms. The first-order valence-electron chi connectivity index (χ1n) is 8.44. The lowest BCUT2D eigenvalue weighted by Gasteiger charge is -2.37. The first-order valence-corrected chi connectivity index (χ1v) is 8.44. The van der Waals surface area contributed by atoms with Crippen molar-refractivity contribution in [3.8, 4) is 0 Å². The quantitative estimate of drug-likeness (QED) is 0.905. The Hall–Kier alpha value is -2.27. The second-order valence-corrected chi connectivity index (χ2v) is 6.63. The molecule has 0 aromatic heterocycles. The number of nitrogens with zero attached hydrogens (tertiary/aromatic N) is 1. The Balaban J connectivity index is 1.97. The first-order chi connectivity index (χ1) is 12.0. The van der Waals surface area contributed by atoms with Gasteiger partial charge < -0.3 is 5.11 Å². The number of aryl methyl sites for hydroxylation is 1. The summed E-state index contributed by atoms with van der Waals surface area (Å²) < 4.78 is 27.8. The van der Waals surface area contributed by atoms with Crippen LogP contribution in [0.2, 0.25) is 0 Å². The van der Waals surface area contributed by atoms with Gasteiger partial charge in [0, 0.05) is 11.6 Å². The summed E-state index contributed by atoms with van der Waals surface area (Å²) in [5.74, 6) is -2.31. The van der Waals surface area contributed by atoms with Gasteiger partial charge in [-0.1, -0.05) is 35.9 Å². The fourth-order valence-electron chi connectivity index (χ4n) is 3.56. The predicted molar refractivity (Wildman–Crippen MR) is 91.3 cm³/mol. The molecule has 0 amide bonds. The molecule has 0 saturated carbocycles. The van der Waals surface area contributed by atoms with Gasteiger partial charge in [-0.05, 0) is 44.5 Å². The van der Waals surface area contributed by atoms with Crippen LogP contribution in [0.15, 0.2) is 42.5 Å². The highest BCUT2D eigenvalue weighted by Gasteiger charge is 2.31. The number of carbonyl (C=O) groups is 1. The van der Waals surface area contributed by atoms with Gasteiger partial charge in [0.15, 0.2) is 0 Å². The van der Waals surface area contributed by atoms with Crippen LogP contribution in [0.4, 0.5) is 8.78 Å². The third-order valence-electron chi connectivity index (χ3n) is 4.86. The van der Waals surface area contributed by atoms with Gasteiger partial charge in [-0.15, -0.1) is 0 Å². The summed E-state index contributed by atoms with van der Waals surface area (Å²) >= 11 is 0. The van der Waals surface area contributed by atoms with Gasteiger partial charge in [0.1, 0.15) is 11.6 Å². The zero-order valence-electron chi connectivity index (χ0n) is 14.1. The zero-order chi connectivity index (χ0) is 18.0. The zero-order valence-corrected chi connectivity index (χ0v) is 14.1. The van der Waals surface area contributed by atoms with Crippen molar-refractivity contribution in [1.82, 2.24) is 4.90 Å². The maximum absolute atomic E-state index is 14.5. The van der Waals surface area contributed by atoms with Crippen molar-refractivity contribution in [2.45, 2.75) is 25.8 Å². The number of hydrogen-bond donors (Lipinski definition) is 1. The van der Waals surface area contributed by atoms with Crippen LogP contribution >= 0.6 is 0 Å². The lowest BCUT2D eigenvalue weighted by molar-refractivity contribution is -0.143. The number of carboxylic acids is 1. The molecule has 0 aliphatic carbocycles. The SMILES string of the molecule is Cc1cccc(C(c2ccc(F)cc2F)N2CCC(C(=O)O)CC2)c1. The fourth-order valence-corrected chi connectivity index (χ4v) is 3.56. The minimum absolute atomic E-state index is 0.352. The van der Waals surface area contributed by atoms with E-state index in [1.165, 1.54) is 12.1 Å². The predicted octanol–water partition coefficient (Wildman–Crippen LogP) is 4.16.